The summed E-state index contributed by atoms with van der Waals surface area (Å²) in [4.78, 5) is 38.1. The lowest BCUT2D eigenvalue weighted by atomic mass is 9.99. The molecule has 1 fully saturated rings. The number of carbonyl (C=O) groups excluding carboxylic acids is 2. The Labute approximate surface area is 272 Å². The maximum Gasteiger partial charge on any atom is 0.344 e. The van der Waals surface area contributed by atoms with E-state index in [4.69, 9.17) is 9.47 Å². The molecule has 1 aromatic heterocycles. The third kappa shape index (κ3) is 9.75. The molecule has 0 saturated carbocycles. The Hall–Kier alpha value is -4.49. The quantitative estimate of drug-likeness (QED) is 0.265. The molecular weight excluding hydrogens is 580 g/mol. The Kier molecular flexibility index (Phi) is 11.7. The van der Waals surface area contributed by atoms with E-state index in [-0.39, 0.29) is 12.5 Å². The fourth-order valence-corrected chi connectivity index (χ4v) is 5.84. The number of carbonyl (C=O) groups is 2. The number of hydrogen-bond acceptors (Lipinski definition) is 9. The number of rotatable bonds is 12. The summed E-state index contributed by atoms with van der Waals surface area (Å²) in [6.45, 7) is 14.3. The molecule has 0 radical (unpaired) electrons. The summed E-state index contributed by atoms with van der Waals surface area (Å²) in [6, 6.07) is 18.4. The number of likely N-dealkylation sites (tertiary alicyclic amines) is 1. The molecule has 3 aromatic rings. The van der Waals surface area contributed by atoms with E-state index in [0.717, 1.165) is 43.6 Å². The number of amides is 1. The van der Waals surface area contributed by atoms with Crippen LogP contribution in [0.25, 0.3) is 0 Å². The maximum atomic E-state index is 12.8. The van der Waals surface area contributed by atoms with E-state index in [2.05, 4.69) is 44.1 Å². The molecule has 4 rings (SSSR count). The average molecular weight is 627 g/mol. The Morgan fingerprint density at radius 1 is 1.09 bits per heavy atom. The van der Waals surface area contributed by atoms with Gasteiger partial charge in [-0.25, -0.2) is 14.8 Å². The number of aromatic nitrogens is 2. The van der Waals surface area contributed by atoms with Crippen LogP contribution in [-0.4, -0.2) is 70.7 Å². The van der Waals surface area contributed by atoms with Crippen molar-refractivity contribution in [3.05, 3.63) is 82.9 Å². The molecule has 0 spiro atoms. The first kappa shape index (κ1) is 34.4. The summed E-state index contributed by atoms with van der Waals surface area (Å²) in [5.74, 6) is 0.0655. The second-order valence-electron chi connectivity index (χ2n) is 12.9. The monoisotopic (exact) mass is 626 g/mol. The van der Waals surface area contributed by atoms with E-state index < -0.39 is 11.6 Å². The summed E-state index contributed by atoms with van der Waals surface area (Å²) in [6.07, 6.45) is 4.28. The number of benzene rings is 2. The lowest BCUT2D eigenvalue weighted by Crippen LogP contribution is -2.48. The fraction of sp³-hybridized carbons (Fsp3) is 0.472. The van der Waals surface area contributed by atoms with Crippen LogP contribution < -0.4 is 15.0 Å². The molecule has 1 saturated heterocycles. The first-order valence-corrected chi connectivity index (χ1v) is 15.9. The van der Waals surface area contributed by atoms with Crippen LogP contribution in [0, 0.1) is 25.2 Å². The third-order valence-electron chi connectivity index (χ3n) is 8.22. The van der Waals surface area contributed by atoms with Gasteiger partial charge >= 0.3 is 5.97 Å². The number of nitrogens with one attached hydrogen (secondary N) is 1. The largest absolute Gasteiger partial charge is 0.482 e. The van der Waals surface area contributed by atoms with Crippen LogP contribution in [0.3, 0.4) is 0 Å². The van der Waals surface area contributed by atoms with Gasteiger partial charge in [-0.1, -0.05) is 12.1 Å². The minimum atomic E-state index is -0.562. The average Bonchev–Trinajstić information content (AvgIpc) is 3.02. The molecule has 1 amide bonds. The smallest absolute Gasteiger partial charge is 0.344 e. The highest BCUT2D eigenvalue weighted by atomic mass is 16.6. The number of esters is 1. The molecule has 1 aliphatic heterocycles. The number of nitrogens with zero attached hydrogens (tertiary/aromatic N) is 5. The first-order valence-electron chi connectivity index (χ1n) is 15.9. The van der Waals surface area contributed by atoms with Crippen molar-refractivity contribution in [3.63, 3.8) is 0 Å². The zero-order valence-corrected chi connectivity index (χ0v) is 27.9. The van der Waals surface area contributed by atoms with E-state index in [0.29, 0.717) is 53.4 Å². The zero-order chi connectivity index (χ0) is 33.3. The van der Waals surface area contributed by atoms with Gasteiger partial charge in [-0.3, -0.25) is 4.79 Å². The lowest BCUT2D eigenvalue weighted by molar-refractivity contribution is -0.157. The van der Waals surface area contributed by atoms with E-state index in [9.17, 15) is 14.9 Å². The number of ether oxygens (including phenoxy) is 2. The Morgan fingerprint density at radius 2 is 1.76 bits per heavy atom. The molecule has 1 aliphatic rings. The van der Waals surface area contributed by atoms with E-state index in [1.54, 1.807) is 0 Å². The maximum absolute atomic E-state index is 12.8. The number of aryl methyl sites for hydroxylation is 2. The molecule has 1 unspecified atom stereocenters. The summed E-state index contributed by atoms with van der Waals surface area (Å²) >= 11 is 0. The Balaban J connectivity index is 1.37. The zero-order valence-electron chi connectivity index (χ0n) is 27.9. The predicted molar refractivity (Wildman–Crippen MR) is 178 cm³/mol. The van der Waals surface area contributed by atoms with Crippen molar-refractivity contribution in [3.8, 4) is 11.8 Å². The summed E-state index contributed by atoms with van der Waals surface area (Å²) in [5, 5.41) is 12.5. The van der Waals surface area contributed by atoms with Gasteiger partial charge in [-0.05, 0) is 103 Å². The van der Waals surface area contributed by atoms with Crippen LogP contribution in [0.5, 0.6) is 5.75 Å². The molecule has 10 heteroatoms. The van der Waals surface area contributed by atoms with E-state index in [1.807, 2.05) is 77.1 Å². The third-order valence-corrected chi connectivity index (χ3v) is 8.22. The van der Waals surface area contributed by atoms with E-state index in [1.165, 1.54) is 6.33 Å². The molecular formula is C36H46N6O4. The van der Waals surface area contributed by atoms with Crippen molar-refractivity contribution in [2.45, 2.75) is 85.0 Å². The molecule has 2 heterocycles. The van der Waals surface area contributed by atoms with Gasteiger partial charge in [0.15, 0.2) is 6.61 Å². The van der Waals surface area contributed by atoms with Crippen molar-refractivity contribution < 1.29 is 19.1 Å². The molecule has 2 aromatic carbocycles. The highest BCUT2D eigenvalue weighted by Gasteiger charge is 2.28. The fourth-order valence-electron chi connectivity index (χ4n) is 5.84. The molecule has 244 valence electrons. The van der Waals surface area contributed by atoms with Crippen LogP contribution in [-0.2, 0) is 16.1 Å². The minimum absolute atomic E-state index is 0.126. The van der Waals surface area contributed by atoms with Crippen LogP contribution in [0.15, 0.2) is 54.9 Å². The standard InChI is InChI=1S/C36H46N6O4/c1-25(14-17-38-35(44)34-26(2)39-24-40-27(34)3)41-18-15-31(16-19-41)42(22-29-9-7-8-28(20-29)21-37)30-10-12-32(13-11-30)45-23-33(43)46-36(4,5)6/h7-13,20,24-25,31H,14-19,22-23H2,1-6H3,(H,38,44). The van der Waals surface area contributed by atoms with Crippen LogP contribution in [0.4, 0.5) is 5.69 Å². The van der Waals surface area contributed by atoms with Gasteiger partial charge in [-0.15, -0.1) is 0 Å². The SMILES string of the molecule is Cc1ncnc(C)c1C(=O)NCCC(C)N1CCC(N(Cc2cccc(C#N)c2)c2ccc(OCC(=O)OC(C)(C)C)cc2)CC1. The van der Waals surface area contributed by atoms with Crippen molar-refractivity contribution in [2.24, 2.45) is 0 Å². The number of piperidine rings is 1. The van der Waals surface area contributed by atoms with Gasteiger partial charge in [0.05, 0.1) is 28.6 Å². The van der Waals surface area contributed by atoms with Gasteiger partial charge in [0, 0.05) is 44.0 Å². The van der Waals surface area contributed by atoms with E-state index >= 15 is 0 Å². The molecule has 46 heavy (non-hydrogen) atoms. The summed E-state index contributed by atoms with van der Waals surface area (Å²) < 4.78 is 11.0. The molecule has 10 nitrogen and oxygen atoms in total. The molecule has 0 aliphatic carbocycles. The summed E-state index contributed by atoms with van der Waals surface area (Å²) in [7, 11) is 0. The topological polar surface area (TPSA) is 121 Å². The number of hydrogen-bond donors (Lipinski definition) is 1. The van der Waals surface area contributed by atoms with Crippen LogP contribution in [0.1, 0.15) is 79.8 Å². The molecule has 1 atom stereocenters. The molecule has 0 bridgehead atoms. The second-order valence-corrected chi connectivity index (χ2v) is 12.9. The number of nitriles is 1. The second kappa shape index (κ2) is 15.7. The van der Waals surface area contributed by atoms with Crippen molar-refractivity contribution in [1.29, 1.82) is 5.26 Å². The normalized spacial score (nSPS) is 14.6. The van der Waals surface area contributed by atoms with Crippen LogP contribution >= 0.6 is 0 Å². The van der Waals surface area contributed by atoms with Crippen molar-refractivity contribution in [1.82, 2.24) is 20.2 Å². The van der Waals surface area contributed by atoms with Gasteiger partial charge in [0.25, 0.3) is 5.91 Å². The molecule has 1 N–H and O–H groups in total. The van der Waals surface area contributed by atoms with Gasteiger partial charge in [0.1, 0.15) is 17.7 Å². The van der Waals surface area contributed by atoms with Crippen LogP contribution in [0.2, 0.25) is 0 Å². The Bertz CT molecular complexity index is 1500. The van der Waals surface area contributed by atoms with Gasteiger partial charge in [-0.2, -0.15) is 5.26 Å². The van der Waals surface area contributed by atoms with Crippen molar-refractivity contribution in [2.75, 3.05) is 31.1 Å². The highest BCUT2D eigenvalue weighted by Crippen LogP contribution is 2.29. The highest BCUT2D eigenvalue weighted by molar-refractivity contribution is 5.96. The number of anilines is 1. The van der Waals surface area contributed by atoms with Gasteiger partial charge < -0.3 is 24.6 Å². The summed E-state index contributed by atoms with van der Waals surface area (Å²) in [5.41, 5.74) is 4.14. The Morgan fingerprint density at radius 3 is 2.39 bits per heavy atom. The lowest BCUT2D eigenvalue weighted by Gasteiger charge is -2.42. The van der Waals surface area contributed by atoms with Crippen molar-refractivity contribution >= 4 is 17.6 Å². The van der Waals surface area contributed by atoms with Gasteiger partial charge in [0.2, 0.25) is 0 Å². The minimum Gasteiger partial charge on any atom is -0.482 e. The first-order chi connectivity index (χ1) is 21.9. The predicted octanol–water partition coefficient (Wildman–Crippen LogP) is 5.37.